The third-order valence-electron chi connectivity index (χ3n) is 6.15. The third-order valence-corrected chi connectivity index (χ3v) is 6.98. The zero-order valence-electron chi connectivity index (χ0n) is 14.3. The van der Waals surface area contributed by atoms with Crippen molar-refractivity contribution < 1.29 is 14.3 Å². The molecule has 0 saturated heterocycles. The Morgan fingerprint density at radius 2 is 1.88 bits per heavy atom. The van der Waals surface area contributed by atoms with Gasteiger partial charge in [0.25, 0.3) is 5.91 Å². The summed E-state index contributed by atoms with van der Waals surface area (Å²) in [6.07, 6.45) is 5.71. The average Bonchev–Trinajstić information content (AvgIpc) is 3.00. The van der Waals surface area contributed by atoms with E-state index in [2.05, 4.69) is 5.32 Å². The van der Waals surface area contributed by atoms with E-state index in [1.54, 1.807) is 18.4 Å². The number of nitrogens with one attached hydrogen (secondary N) is 1. The molecule has 4 bridgehead atoms. The summed E-state index contributed by atoms with van der Waals surface area (Å²) in [4.78, 5) is 25.2. The van der Waals surface area contributed by atoms with E-state index < -0.39 is 6.10 Å². The van der Waals surface area contributed by atoms with Crippen molar-refractivity contribution in [3.63, 3.8) is 0 Å². The predicted molar refractivity (Wildman–Crippen MR) is 93.8 cm³/mol. The maximum Gasteiger partial charge on any atom is 0.312 e. The fourth-order valence-electron chi connectivity index (χ4n) is 5.41. The standard InChI is InChI=1S/C19H22N2O3S/c1-11(16(22)21-17-15(10-20)2-3-25-17)24-18(23)19-7-12-4-13(8-19)6-14(5-12)9-19/h2-3,11-14H,4-9H2,1H3,(H,21,22)/t11-,12?,13?,14?,19?/m1/s1. The maximum absolute atomic E-state index is 12.9. The second-order valence-corrected chi connectivity index (χ2v) is 8.93. The Labute approximate surface area is 151 Å². The van der Waals surface area contributed by atoms with E-state index in [9.17, 15) is 9.59 Å². The molecule has 1 amide bonds. The first kappa shape index (κ1) is 16.6. The van der Waals surface area contributed by atoms with Crippen LogP contribution in [0.4, 0.5) is 5.00 Å². The molecule has 25 heavy (non-hydrogen) atoms. The van der Waals surface area contributed by atoms with Gasteiger partial charge in [-0.1, -0.05) is 0 Å². The van der Waals surface area contributed by atoms with Gasteiger partial charge in [0.1, 0.15) is 11.1 Å². The molecule has 5 nitrogen and oxygen atoms in total. The van der Waals surface area contributed by atoms with Crippen LogP contribution in [0.3, 0.4) is 0 Å². The summed E-state index contributed by atoms with van der Waals surface area (Å²) in [5, 5.41) is 14.0. The maximum atomic E-state index is 12.9. The SMILES string of the molecule is C[C@@H](OC(=O)C12CC3CC(CC(C3)C1)C2)C(=O)Nc1sccc1C#N. The van der Waals surface area contributed by atoms with Gasteiger partial charge >= 0.3 is 5.97 Å². The van der Waals surface area contributed by atoms with Gasteiger partial charge in [0.2, 0.25) is 0 Å². The number of hydrogen-bond donors (Lipinski definition) is 1. The lowest BCUT2D eigenvalue weighted by molar-refractivity contribution is -0.177. The number of ether oxygens (including phenoxy) is 1. The summed E-state index contributed by atoms with van der Waals surface area (Å²) in [6, 6.07) is 3.70. The number of carbonyl (C=O) groups excluding carboxylic acids is 2. The van der Waals surface area contributed by atoms with E-state index >= 15 is 0 Å². The predicted octanol–water partition coefficient (Wildman–Crippen LogP) is 3.71. The van der Waals surface area contributed by atoms with Crippen LogP contribution in [0.5, 0.6) is 0 Å². The van der Waals surface area contributed by atoms with Crippen molar-refractivity contribution in [1.29, 1.82) is 5.26 Å². The largest absolute Gasteiger partial charge is 0.452 e. The second kappa shape index (κ2) is 6.14. The summed E-state index contributed by atoms with van der Waals surface area (Å²) < 4.78 is 5.59. The molecule has 1 heterocycles. The summed E-state index contributed by atoms with van der Waals surface area (Å²) in [5.74, 6) is 1.41. The molecular formula is C19H22N2O3S. The molecule has 0 unspecified atom stereocenters. The van der Waals surface area contributed by atoms with Gasteiger partial charge in [0.05, 0.1) is 11.0 Å². The molecule has 0 aliphatic heterocycles. The van der Waals surface area contributed by atoms with Crippen LogP contribution < -0.4 is 5.32 Å². The summed E-state index contributed by atoms with van der Waals surface area (Å²) in [6.45, 7) is 1.60. The van der Waals surface area contributed by atoms with Crippen LogP contribution in [0.2, 0.25) is 0 Å². The molecule has 1 aromatic rings. The van der Waals surface area contributed by atoms with Crippen molar-refractivity contribution >= 4 is 28.2 Å². The van der Waals surface area contributed by atoms with Crippen LogP contribution in [-0.4, -0.2) is 18.0 Å². The number of anilines is 1. The Kier molecular flexibility index (Phi) is 4.07. The van der Waals surface area contributed by atoms with E-state index in [0.717, 1.165) is 19.3 Å². The highest BCUT2D eigenvalue weighted by Gasteiger charge is 2.55. The fourth-order valence-corrected chi connectivity index (χ4v) is 6.15. The molecule has 1 aromatic heterocycles. The first-order valence-electron chi connectivity index (χ1n) is 8.98. The Hall–Kier alpha value is -1.87. The second-order valence-electron chi connectivity index (χ2n) is 8.01. The number of rotatable bonds is 4. The van der Waals surface area contributed by atoms with Gasteiger partial charge in [-0.15, -0.1) is 11.3 Å². The van der Waals surface area contributed by atoms with Gasteiger partial charge in [-0.05, 0) is 74.6 Å². The third kappa shape index (κ3) is 2.95. The van der Waals surface area contributed by atoms with Crippen molar-refractivity contribution in [3.8, 4) is 6.07 Å². The van der Waals surface area contributed by atoms with Crippen molar-refractivity contribution in [2.24, 2.45) is 23.2 Å². The van der Waals surface area contributed by atoms with Gasteiger partial charge in [0, 0.05) is 0 Å². The van der Waals surface area contributed by atoms with Gasteiger partial charge in [-0.3, -0.25) is 9.59 Å². The Balaban J connectivity index is 1.41. The Morgan fingerprint density at radius 3 is 2.44 bits per heavy atom. The normalized spacial score (nSPS) is 33.5. The molecular weight excluding hydrogens is 336 g/mol. The highest BCUT2D eigenvalue weighted by atomic mass is 32.1. The molecule has 1 atom stereocenters. The summed E-state index contributed by atoms with van der Waals surface area (Å²) in [5.41, 5.74) is 0.0716. The number of thiophene rings is 1. The van der Waals surface area contributed by atoms with Gasteiger partial charge in [0.15, 0.2) is 6.10 Å². The van der Waals surface area contributed by atoms with Gasteiger partial charge < -0.3 is 10.1 Å². The quantitative estimate of drug-likeness (QED) is 0.832. The number of amides is 1. The number of nitrogens with zero attached hydrogens (tertiary/aromatic N) is 1. The molecule has 0 aromatic carbocycles. The van der Waals surface area contributed by atoms with Crippen molar-refractivity contribution in [1.82, 2.24) is 0 Å². The average molecular weight is 358 g/mol. The molecule has 4 aliphatic rings. The molecule has 4 aliphatic carbocycles. The molecule has 0 radical (unpaired) electrons. The molecule has 0 spiro atoms. The van der Waals surface area contributed by atoms with Gasteiger partial charge in [-0.2, -0.15) is 5.26 Å². The first-order chi connectivity index (χ1) is 12.0. The lowest BCUT2D eigenvalue weighted by Gasteiger charge is -2.55. The zero-order chi connectivity index (χ0) is 17.6. The minimum atomic E-state index is -0.853. The highest BCUT2D eigenvalue weighted by Crippen LogP contribution is 2.60. The molecule has 1 N–H and O–H groups in total. The van der Waals surface area contributed by atoms with Crippen molar-refractivity contribution in [2.75, 3.05) is 5.32 Å². The minimum absolute atomic E-state index is 0.194. The lowest BCUT2D eigenvalue weighted by Crippen LogP contribution is -2.51. The van der Waals surface area contributed by atoms with Crippen LogP contribution in [0.25, 0.3) is 0 Å². The van der Waals surface area contributed by atoms with Crippen LogP contribution in [0.1, 0.15) is 51.0 Å². The van der Waals surface area contributed by atoms with Crippen LogP contribution >= 0.6 is 11.3 Å². The van der Waals surface area contributed by atoms with E-state index in [-0.39, 0.29) is 17.3 Å². The van der Waals surface area contributed by atoms with E-state index in [1.807, 2.05) is 6.07 Å². The number of hydrogen-bond acceptors (Lipinski definition) is 5. The van der Waals surface area contributed by atoms with Crippen LogP contribution in [0, 0.1) is 34.5 Å². The monoisotopic (exact) mass is 358 g/mol. The van der Waals surface area contributed by atoms with Crippen molar-refractivity contribution in [2.45, 2.75) is 51.6 Å². The molecule has 4 fully saturated rings. The number of carbonyl (C=O) groups is 2. The Bertz CT molecular complexity index is 713. The fraction of sp³-hybridized carbons (Fsp3) is 0.632. The van der Waals surface area contributed by atoms with E-state index in [1.165, 1.54) is 30.6 Å². The van der Waals surface area contributed by atoms with Crippen LogP contribution in [0.15, 0.2) is 11.4 Å². The van der Waals surface area contributed by atoms with Crippen molar-refractivity contribution in [3.05, 3.63) is 17.0 Å². The topological polar surface area (TPSA) is 79.2 Å². The number of nitriles is 1. The molecule has 4 saturated carbocycles. The Morgan fingerprint density at radius 1 is 1.28 bits per heavy atom. The van der Waals surface area contributed by atoms with E-state index in [4.69, 9.17) is 10.00 Å². The molecule has 132 valence electrons. The number of esters is 1. The molecule has 6 heteroatoms. The summed E-state index contributed by atoms with van der Waals surface area (Å²) >= 11 is 1.29. The molecule has 5 rings (SSSR count). The van der Waals surface area contributed by atoms with Crippen LogP contribution in [-0.2, 0) is 14.3 Å². The zero-order valence-corrected chi connectivity index (χ0v) is 15.1. The highest BCUT2D eigenvalue weighted by molar-refractivity contribution is 7.14. The first-order valence-corrected chi connectivity index (χ1v) is 9.86. The smallest absolute Gasteiger partial charge is 0.312 e. The van der Waals surface area contributed by atoms with E-state index in [0.29, 0.717) is 28.3 Å². The lowest BCUT2D eigenvalue weighted by atomic mass is 9.49. The minimum Gasteiger partial charge on any atom is -0.452 e. The van der Waals surface area contributed by atoms with Gasteiger partial charge in [-0.25, -0.2) is 0 Å². The summed E-state index contributed by atoms with van der Waals surface area (Å²) in [7, 11) is 0.